The first-order valence-electron chi connectivity index (χ1n) is 5.24. The van der Waals surface area contributed by atoms with E-state index in [0.29, 0.717) is 0 Å². The lowest BCUT2D eigenvalue weighted by Gasteiger charge is -2.23. The van der Waals surface area contributed by atoms with Crippen molar-refractivity contribution in [2.45, 2.75) is 51.6 Å². The summed E-state index contributed by atoms with van der Waals surface area (Å²) in [5, 5.41) is 4.15. The SMILES string of the molecule is CC(N)(Cc1cnn(C(C)(C)C)c1)C(F)F. The van der Waals surface area contributed by atoms with E-state index in [1.807, 2.05) is 20.8 Å². The fourth-order valence-corrected chi connectivity index (χ4v) is 1.34. The molecule has 2 N–H and O–H groups in total. The Kier molecular flexibility index (Phi) is 3.38. The highest BCUT2D eigenvalue weighted by Gasteiger charge is 2.31. The van der Waals surface area contributed by atoms with Crippen LogP contribution in [0, 0.1) is 0 Å². The molecule has 0 saturated heterocycles. The molecule has 1 aromatic heterocycles. The van der Waals surface area contributed by atoms with Gasteiger partial charge in [0, 0.05) is 6.20 Å². The zero-order valence-corrected chi connectivity index (χ0v) is 10.2. The minimum absolute atomic E-state index is 0.126. The van der Waals surface area contributed by atoms with Crippen LogP contribution in [0.1, 0.15) is 33.3 Å². The van der Waals surface area contributed by atoms with Gasteiger partial charge in [-0.05, 0) is 39.7 Å². The van der Waals surface area contributed by atoms with E-state index in [9.17, 15) is 8.78 Å². The molecule has 92 valence electrons. The maximum absolute atomic E-state index is 12.6. The van der Waals surface area contributed by atoms with Crippen LogP contribution in [0.5, 0.6) is 0 Å². The van der Waals surface area contributed by atoms with Gasteiger partial charge in [-0.2, -0.15) is 5.10 Å². The predicted octanol–water partition coefficient (Wildman–Crippen LogP) is 2.16. The fraction of sp³-hybridized carbons (Fsp3) is 0.727. The number of rotatable bonds is 3. The molecule has 0 saturated carbocycles. The number of hydrogen-bond acceptors (Lipinski definition) is 2. The molecule has 0 aliphatic carbocycles. The molecule has 1 rings (SSSR count). The van der Waals surface area contributed by atoms with Crippen LogP contribution in [0.25, 0.3) is 0 Å². The number of nitrogens with two attached hydrogens (primary N) is 1. The van der Waals surface area contributed by atoms with E-state index in [2.05, 4.69) is 5.10 Å². The Bertz CT molecular complexity index is 350. The molecule has 1 heterocycles. The standard InChI is InChI=1S/C11H19F2N3/c1-10(2,3)16-7-8(6-15-16)5-11(4,14)9(12)13/h6-7,9H,5,14H2,1-4H3. The predicted molar refractivity (Wildman–Crippen MR) is 59.5 cm³/mol. The van der Waals surface area contributed by atoms with Gasteiger partial charge in [0.15, 0.2) is 0 Å². The Hall–Kier alpha value is -0.970. The van der Waals surface area contributed by atoms with Crippen molar-refractivity contribution in [3.05, 3.63) is 18.0 Å². The molecule has 0 amide bonds. The van der Waals surface area contributed by atoms with Crippen molar-refractivity contribution in [2.24, 2.45) is 5.73 Å². The van der Waals surface area contributed by atoms with E-state index in [1.54, 1.807) is 17.1 Å². The molecule has 16 heavy (non-hydrogen) atoms. The van der Waals surface area contributed by atoms with E-state index < -0.39 is 12.0 Å². The van der Waals surface area contributed by atoms with Crippen LogP contribution in [0.15, 0.2) is 12.4 Å². The van der Waals surface area contributed by atoms with Gasteiger partial charge < -0.3 is 5.73 Å². The second-order valence-electron chi connectivity index (χ2n) is 5.45. The summed E-state index contributed by atoms with van der Waals surface area (Å²) >= 11 is 0. The van der Waals surface area contributed by atoms with Crippen molar-refractivity contribution in [1.82, 2.24) is 9.78 Å². The van der Waals surface area contributed by atoms with Crippen molar-refractivity contribution in [1.29, 1.82) is 0 Å². The van der Waals surface area contributed by atoms with E-state index >= 15 is 0 Å². The summed E-state index contributed by atoms with van der Waals surface area (Å²) in [6.45, 7) is 7.35. The van der Waals surface area contributed by atoms with Crippen LogP contribution in [0.2, 0.25) is 0 Å². The molecule has 0 aliphatic heterocycles. The number of hydrogen-bond donors (Lipinski definition) is 1. The Morgan fingerprint density at radius 3 is 2.31 bits per heavy atom. The van der Waals surface area contributed by atoms with Crippen LogP contribution in [-0.2, 0) is 12.0 Å². The Morgan fingerprint density at radius 1 is 1.38 bits per heavy atom. The second-order valence-corrected chi connectivity index (χ2v) is 5.45. The quantitative estimate of drug-likeness (QED) is 0.866. The zero-order valence-electron chi connectivity index (χ0n) is 10.2. The second kappa shape index (κ2) is 4.13. The summed E-state index contributed by atoms with van der Waals surface area (Å²) in [5.74, 6) is 0. The highest BCUT2D eigenvalue weighted by molar-refractivity contribution is 5.10. The molecular weight excluding hydrogens is 212 g/mol. The highest BCUT2D eigenvalue weighted by Crippen LogP contribution is 2.20. The third-order valence-corrected chi connectivity index (χ3v) is 2.41. The van der Waals surface area contributed by atoms with E-state index in [-0.39, 0.29) is 12.0 Å². The first-order valence-corrected chi connectivity index (χ1v) is 5.24. The van der Waals surface area contributed by atoms with Crippen LogP contribution in [0.3, 0.4) is 0 Å². The summed E-state index contributed by atoms with van der Waals surface area (Å²) in [4.78, 5) is 0. The Balaban J connectivity index is 2.81. The summed E-state index contributed by atoms with van der Waals surface area (Å²) in [7, 11) is 0. The number of nitrogens with zero attached hydrogens (tertiary/aromatic N) is 2. The minimum atomic E-state index is -2.54. The summed E-state index contributed by atoms with van der Waals surface area (Å²) in [5.41, 5.74) is 4.62. The maximum atomic E-state index is 12.6. The molecule has 3 nitrogen and oxygen atoms in total. The Morgan fingerprint density at radius 2 is 1.94 bits per heavy atom. The average molecular weight is 231 g/mol. The van der Waals surface area contributed by atoms with Gasteiger partial charge in [0.05, 0.1) is 17.3 Å². The number of alkyl halides is 2. The lowest BCUT2D eigenvalue weighted by atomic mass is 9.96. The summed E-state index contributed by atoms with van der Waals surface area (Å²) in [6.07, 6.45) is 0.956. The molecule has 0 aromatic carbocycles. The lowest BCUT2D eigenvalue weighted by molar-refractivity contribution is 0.0639. The van der Waals surface area contributed by atoms with Crippen molar-refractivity contribution in [3.8, 4) is 0 Å². The molecular formula is C11H19F2N3. The van der Waals surface area contributed by atoms with Gasteiger partial charge in [0.25, 0.3) is 6.43 Å². The van der Waals surface area contributed by atoms with Gasteiger partial charge in [-0.25, -0.2) is 8.78 Å². The molecule has 0 spiro atoms. The number of aromatic nitrogens is 2. The van der Waals surface area contributed by atoms with Crippen LogP contribution in [0.4, 0.5) is 8.78 Å². The monoisotopic (exact) mass is 231 g/mol. The van der Waals surface area contributed by atoms with Crippen molar-refractivity contribution < 1.29 is 8.78 Å². The zero-order chi connectivity index (χ0) is 12.6. The van der Waals surface area contributed by atoms with Gasteiger partial charge in [-0.15, -0.1) is 0 Å². The van der Waals surface area contributed by atoms with Crippen LogP contribution in [-0.4, -0.2) is 21.7 Å². The highest BCUT2D eigenvalue weighted by atomic mass is 19.3. The molecule has 1 aromatic rings. The molecule has 0 aliphatic rings. The van der Waals surface area contributed by atoms with E-state index in [0.717, 1.165) is 5.56 Å². The first-order chi connectivity index (χ1) is 7.13. The van der Waals surface area contributed by atoms with Gasteiger partial charge in [-0.1, -0.05) is 0 Å². The van der Waals surface area contributed by atoms with Crippen molar-refractivity contribution in [3.63, 3.8) is 0 Å². The van der Waals surface area contributed by atoms with E-state index in [4.69, 9.17) is 5.73 Å². The molecule has 0 fully saturated rings. The third-order valence-electron chi connectivity index (χ3n) is 2.41. The largest absolute Gasteiger partial charge is 0.320 e. The summed E-state index contributed by atoms with van der Waals surface area (Å²) < 4.78 is 26.9. The van der Waals surface area contributed by atoms with Gasteiger partial charge in [0.2, 0.25) is 0 Å². The smallest absolute Gasteiger partial charge is 0.256 e. The molecule has 5 heteroatoms. The van der Waals surface area contributed by atoms with Crippen molar-refractivity contribution in [2.75, 3.05) is 0 Å². The number of halogens is 2. The first kappa shape index (κ1) is 13.1. The minimum Gasteiger partial charge on any atom is -0.320 e. The fourth-order valence-electron chi connectivity index (χ4n) is 1.34. The maximum Gasteiger partial charge on any atom is 0.256 e. The normalized spacial score (nSPS) is 16.5. The van der Waals surface area contributed by atoms with Crippen molar-refractivity contribution >= 4 is 0 Å². The topological polar surface area (TPSA) is 43.8 Å². The van der Waals surface area contributed by atoms with Crippen LogP contribution < -0.4 is 5.73 Å². The van der Waals surface area contributed by atoms with Gasteiger partial charge in [-0.3, -0.25) is 4.68 Å². The molecule has 0 radical (unpaired) electrons. The summed E-state index contributed by atoms with van der Waals surface area (Å²) in [6, 6.07) is 0. The third kappa shape index (κ3) is 3.01. The Labute approximate surface area is 94.6 Å². The van der Waals surface area contributed by atoms with Crippen LogP contribution >= 0.6 is 0 Å². The molecule has 1 unspecified atom stereocenters. The van der Waals surface area contributed by atoms with E-state index in [1.165, 1.54) is 6.92 Å². The average Bonchev–Trinajstić information content (AvgIpc) is 2.50. The van der Waals surface area contributed by atoms with Gasteiger partial charge >= 0.3 is 0 Å². The molecule has 1 atom stereocenters. The molecule has 0 bridgehead atoms. The van der Waals surface area contributed by atoms with Gasteiger partial charge in [0.1, 0.15) is 0 Å². The lowest BCUT2D eigenvalue weighted by Crippen LogP contribution is -2.45.